The third kappa shape index (κ3) is 4.09. The summed E-state index contributed by atoms with van der Waals surface area (Å²) in [7, 11) is 0. The third-order valence-corrected chi connectivity index (χ3v) is 5.20. The van der Waals surface area contributed by atoms with Crippen LogP contribution >= 0.6 is 0 Å². The average Bonchev–Trinajstić information content (AvgIpc) is 2.85. The molecular weight excluding hydrogens is 328 g/mol. The fourth-order valence-corrected chi connectivity index (χ4v) is 3.68. The predicted molar refractivity (Wildman–Crippen MR) is 101 cm³/mol. The van der Waals surface area contributed by atoms with Crippen molar-refractivity contribution in [2.24, 2.45) is 11.7 Å². The molecule has 0 aliphatic heterocycles. The van der Waals surface area contributed by atoms with Crippen molar-refractivity contribution < 1.29 is 4.79 Å². The Morgan fingerprint density at radius 2 is 2.04 bits per heavy atom. The molecule has 2 heterocycles. The molecule has 1 aliphatic rings. The van der Waals surface area contributed by atoms with Crippen LogP contribution in [0.25, 0.3) is 11.3 Å². The normalized spacial score (nSPS) is 16.9. The number of rotatable bonds is 5. The number of carbonyl (C=O) groups excluding carboxylic acids is 1. The molecule has 1 amide bonds. The zero-order valence-corrected chi connectivity index (χ0v) is 15.6. The Bertz CT molecular complexity index is 731. The van der Waals surface area contributed by atoms with Gasteiger partial charge in [0.1, 0.15) is 5.82 Å². The molecule has 26 heavy (non-hydrogen) atoms. The molecule has 0 radical (unpaired) electrons. The van der Waals surface area contributed by atoms with Crippen LogP contribution in [0.1, 0.15) is 51.1 Å². The summed E-state index contributed by atoms with van der Waals surface area (Å²) >= 11 is 0. The quantitative estimate of drug-likeness (QED) is 0.803. The maximum Gasteiger partial charge on any atom is 0.242 e. The molecule has 0 spiro atoms. The molecule has 0 unspecified atom stereocenters. The van der Waals surface area contributed by atoms with Crippen LogP contribution in [0.3, 0.4) is 0 Å². The van der Waals surface area contributed by atoms with E-state index >= 15 is 0 Å². The van der Waals surface area contributed by atoms with Gasteiger partial charge in [-0.2, -0.15) is 0 Å². The number of nitrogens with zero attached hydrogens (tertiary/aromatic N) is 4. The van der Waals surface area contributed by atoms with Crippen LogP contribution in [0.2, 0.25) is 0 Å². The summed E-state index contributed by atoms with van der Waals surface area (Å²) in [5.41, 5.74) is 8.96. The lowest BCUT2D eigenvalue weighted by Crippen LogP contribution is -2.42. The lowest BCUT2D eigenvalue weighted by Gasteiger charge is -2.21. The van der Waals surface area contributed by atoms with Gasteiger partial charge >= 0.3 is 0 Å². The minimum Gasteiger partial charge on any atom is -0.320 e. The Labute approximate surface area is 154 Å². The first-order chi connectivity index (χ1) is 12.6. The molecule has 0 saturated heterocycles. The molecule has 2 aromatic rings. The number of nitrogens with one attached hydrogen (secondary N) is 1. The summed E-state index contributed by atoms with van der Waals surface area (Å²) in [6.07, 6.45) is 8.63. The van der Waals surface area contributed by atoms with E-state index in [1.807, 2.05) is 24.6 Å². The highest BCUT2D eigenvalue weighted by Crippen LogP contribution is 2.26. The maximum absolute atomic E-state index is 12.5. The van der Waals surface area contributed by atoms with Crippen LogP contribution in [0.4, 0.5) is 5.82 Å². The van der Waals surface area contributed by atoms with Gasteiger partial charge in [-0.25, -0.2) is 9.67 Å². The van der Waals surface area contributed by atoms with Crippen LogP contribution in [0, 0.1) is 12.8 Å². The predicted octanol–water partition coefficient (Wildman–Crippen LogP) is 2.90. The van der Waals surface area contributed by atoms with Crippen molar-refractivity contribution in [2.45, 2.75) is 65.0 Å². The van der Waals surface area contributed by atoms with Crippen LogP contribution < -0.4 is 11.1 Å². The SMILES string of the molecule is CCn1nnc(C)c1-c1ccc(NC(=O)[C@@H](N)C2CCCCCC2)nc1. The molecule has 0 aromatic carbocycles. The molecule has 3 rings (SSSR count). The van der Waals surface area contributed by atoms with Crippen LogP contribution in [0.15, 0.2) is 18.3 Å². The number of hydrogen-bond acceptors (Lipinski definition) is 5. The molecule has 140 valence electrons. The van der Waals surface area contributed by atoms with Crippen molar-refractivity contribution in [1.82, 2.24) is 20.0 Å². The fourth-order valence-electron chi connectivity index (χ4n) is 3.68. The first-order valence-electron chi connectivity index (χ1n) is 9.53. The Morgan fingerprint density at radius 3 is 2.65 bits per heavy atom. The van der Waals surface area contributed by atoms with Gasteiger partial charge in [-0.3, -0.25) is 4.79 Å². The molecule has 0 bridgehead atoms. The van der Waals surface area contributed by atoms with Gasteiger partial charge in [0.05, 0.1) is 17.4 Å². The molecule has 2 aromatic heterocycles. The van der Waals surface area contributed by atoms with Crippen molar-refractivity contribution in [3.05, 3.63) is 24.0 Å². The smallest absolute Gasteiger partial charge is 0.242 e. The second-order valence-electron chi connectivity index (χ2n) is 7.04. The number of amides is 1. The van der Waals surface area contributed by atoms with Gasteiger partial charge < -0.3 is 11.1 Å². The molecule has 1 saturated carbocycles. The number of aryl methyl sites for hydroxylation is 2. The monoisotopic (exact) mass is 356 g/mol. The summed E-state index contributed by atoms with van der Waals surface area (Å²) in [6.45, 7) is 4.69. The highest BCUT2D eigenvalue weighted by molar-refractivity contribution is 5.94. The standard InChI is InChI=1S/C19H28N6O/c1-3-25-18(13(2)23-24-25)15-10-11-16(21-12-15)22-19(26)17(20)14-8-6-4-5-7-9-14/h10-12,14,17H,3-9,20H2,1-2H3,(H,21,22,26)/t17-/m0/s1. The van der Waals surface area contributed by atoms with Crippen molar-refractivity contribution in [2.75, 3.05) is 5.32 Å². The first kappa shape index (κ1) is 18.5. The van der Waals surface area contributed by atoms with Gasteiger partial charge in [0, 0.05) is 18.3 Å². The van der Waals surface area contributed by atoms with E-state index in [-0.39, 0.29) is 11.8 Å². The number of nitrogens with two attached hydrogens (primary N) is 1. The topological polar surface area (TPSA) is 98.7 Å². The lowest BCUT2D eigenvalue weighted by molar-refractivity contribution is -0.118. The lowest BCUT2D eigenvalue weighted by atomic mass is 9.92. The van der Waals surface area contributed by atoms with Gasteiger partial charge in [-0.15, -0.1) is 5.10 Å². The minimum atomic E-state index is -0.470. The van der Waals surface area contributed by atoms with Crippen molar-refractivity contribution >= 4 is 11.7 Å². The summed E-state index contributed by atoms with van der Waals surface area (Å²) in [6, 6.07) is 3.26. The average molecular weight is 356 g/mol. The number of aromatic nitrogens is 4. The van der Waals surface area contributed by atoms with Gasteiger partial charge in [-0.05, 0) is 44.7 Å². The van der Waals surface area contributed by atoms with Gasteiger partial charge in [-0.1, -0.05) is 30.9 Å². The number of pyridine rings is 1. The zero-order chi connectivity index (χ0) is 18.5. The van der Waals surface area contributed by atoms with Gasteiger partial charge in [0.15, 0.2) is 0 Å². The van der Waals surface area contributed by atoms with E-state index in [1.54, 1.807) is 12.3 Å². The maximum atomic E-state index is 12.5. The Kier molecular flexibility index (Phi) is 5.98. The summed E-state index contributed by atoms with van der Waals surface area (Å²) < 4.78 is 1.84. The molecule has 1 aliphatic carbocycles. The molecule has 7 heteroatoms. The zero-order valence-electron chi connectivity index (χ0n) is 15.6. The number of hydrogen-bond donors (Lipinski definition) is 2. The van der Waals surface area contributed by atoms with E-state index in [0.29, 0.717) is 5.82 Å². The van der Waals surface area contributed by atoms with E-state index in [2.05, 4.69) is 20.6 Å². The van der Waals surface area contributed by atoms with Crippen molar-refractivity contribution in [3.8, 4) is 11.3 Å². The second-order valence-corrected chi connectivity index (χ2v) is 7.04. The summed E-state index contributed by atoms with van der Waals surface area (Å²) in [5, 5.41) is 11.1. The highest BCUT2D eigenvalue weighted by Gasteiger charge is 2.25. The van der Waals surface area contributed by atoms with Gasteiger partial charge in [0.2, 0.25) is 5.91 Å². The second kappa shape index (κ2) is 8.40. The van der Waals surface area contributed by atoms with Crippen molar-refractivity contribution in [1.29, 1.82) is 0 Å². The molecule has 1 atom stereocenters. The molecular formula is C19H28N6O. The van der Waals surface area contributed by atoms with Gasteiger partial charge in [0.25, 0.3) is 0 Å². The van der Waals surface area contributed by atoms with E-state index in [0.717, 1.165) is 49.2 Å². The highest BCUT2D eigenvalue weighted by atomic mass is 16.2. The first-order valence-corrected chi connectivity index (χ1v) is 9.53. The van der Waals surface area contributed by atoms with Crippen molar-refractivity contribution in [3.63, 3.8) is 0 Å². The van der Waals surface area contributed by atoms with Crippen LogP contribution in [-0.2, 0) is 11.3 Å². The van der Waals surface area contributed by atoms with Crippen LogP contribution in [-0.4, -0.2) is 31.9 Å². The van der Waals surface area contributed by atoms with Crippen LogP contribution in [0.5, 0.6) is 0 Å². The van der Waals surface area contributed by atoms with E-state index in [4.69, 9.17) is 5.73 Å². The fraction of sp³-hybridized carbons (Fsp3) is 0.579. The van der Waals surface area contributed by atoms with E-state index in [1.165, 1.54) is 12.8 Å². The number of anilines is 1. The summed E-state index contributed by atoms with van der Waals surface area (Å²) in [5.74, 6) is 0.647. The van der Waals surface area contributed by atoms with E-state index in [9.17, 15) is 4.79 Å². The van der Waals surface area contributed by atoms with E-state index < -0.39 is 6.04 Å². The summed E-state index contributed by atoms with van der Waals surface area (Å²) in [4.78, 5) is 16.9. The molecule has 1 fully saturated rings. The number of carbonyl (C=O) groups is 1. The molecule has 3 N–H and O–H groups in total. The third-order valence-electron chi connectivity index (χ3n) is 5.20. The Morgan fingerprint density at radius 1 is 1.31 bits per heavy atom. The Hall–Kier alpha value is -2.28. The minimum absolute atomic E-state index is 0.145. The Balaban J connectivity index is 1.67. The molecule has 7 nitrogen and oxygen atoms in total. The largest absolute Gasteiger partial charge is 0.320 e.